The predicted octanol–water partition coefficient (Wildman–Crippen LogP) is 0.833. The Kier molecular flexibility index (Phi) is 13.4. The normalized spacial score (nSPS) is 12.5. The summed E-state index contributed by atoms with van der Waals surface area (Å²) < 4.78 is 14.7. The van der Waals surface area contributed by atoms with Gasteiger partial charge in [-0.3, -0.25) is 14.4 Å². The molecule has 3 N–H and O–H groups in total. The lowest BCUT2D eigenvalue weighted by molar-refractivity contribution is -0.140. The van der Waals surface area contributed by atoms with Crippen molar-refractivity contribution >= 4 is 23.7 Å². The van der Waals surface area contributed by atoms with Crippen LogP contribution in [0.3, 0.4) is 0 Å². The quantitative estimate of drug-likeness (QED) is 0.258. The van der Waals surface area contributed by atoms with Crippen molar-refractivity contribution in [3.05, 3.63) is 35.9 Å². The molecule has 0 aliphatic carbocycles. The van der Waals surface area contributed by atoms with E-state index in [1.807, 2.05) is 19.9 Å². The van der Waals surface area contributed by atoms with Crippen molar-refractivity contribution < 1.29 is 33.4 Å². The summed E-state index contributed by atoms with van der Waals surface area (Å²) in [6, 6.07) is 6.98. The van der Waals surface area contributed by atoms with E-state index in [1.165, 1.54) is 14.2 Å². The van der Waals surface area contributed by atoms with Crippen LogP contribution < -0.4 is 16.0 Å². The molecule has 0 spiro atoms. The van der Waals surface area contributed by atoms with Crippen LogP contribution in [-0.4, -0.2) is 76.4 Å². The van der Waals surface area contributed by atoms with Crippen molar-refractivity contribution in [3.8, 4) is 0 Å². The van der Waals surface area contributed by atoms with Crippen LogP contribution in [0, 0.1) is 5.92 Å². The first-order chi connectivity index (χ1) is 15.8. The Balaban J connectivity index is 2.95. The smallest absolute Gasteiger partial charge is 0.407 e. The Labute approximate surface area is 194 Å². The van der Waals surface area contributed by atoms with Crippen LogP contribution in [0.4, 0.5) is 4.79 Å². The van der Waals surface area contributed by atoms with Gasteiger partial charge in [0.15, 0.2) is 0 Å². The second-order valence-corrected chi connectivity index (χ2v) is 7.82. The van der Waals surface area contributed by atoms with E-state index in [0.29, 0.717) is 6.42 Å². The number of benzene rings is 1. The first-order valence-corrected chi connectivity index (χ1v) is 10.9. The molecule has 184 valence electrons. The number of hydrogen-bond donors (Lipinski definition) is 3. The summed E-state index contributed by atoms with van der Waals surface area (Å²) in [6.07, 6.45) is -0.330. The molecule has 2 atom stereocenters. The van der Waals surface area contributed by atoms with Crippen LogP contribution in [-0.2, 0) is 35.0 Å². The molecular weight excluding hydrogens is 430 g/mol. The average Bonchev–Trinajstić information content (AvgIpc) is 2.78. The Morgan fingerprint density at radius 2 is 1.55 bits per heavy atom. The lowest BCUT2D eigenvalue weighted by Crippen LogP contribution is -2.55. The third-order valence-electron chi connectivity index (χ3n) is 4.57. The molecule has 1 aromatic rings. The standard InChI is InChI=1S/C23H35N3O7/c1-16(2)14-19(26-23(30)33-13-12-32-4)21(28)25-18(15-17-8-6-5-7-9-17)20(27)22(29)24-10-11-31-3/h5-9,16,18-19H,10-15H2,1-4H3,(H,24,29)(H,25,28)(H,26,30)/t18-,19?/m0/s1. The second kappa shape index (κ2) is 15.8. The highest BCUT2D eigenvalue weighted by Gasteiger charge is 2.31. The van der Waals surface area contributed by atoms with Gasteiger partial charge in [0.25, 0.3) is 5.91 Å². The van der Waals surface area contributed by atoms with Gasteiger partial charge in [-0.15, -0.1) is 0 Å². The minimum atomic E-state index is -1.11. The summed E-state index contributed by atoms with van der Waals surface area (Å²) >= 11 is 0. The number of ketones is 1. The van der Waals surface area contributed by atoms with E-state index in [2.05, 4.69) is 16.0 Å². The van der Waals surface area contributed by atoms with Crippen molar-refractivity contribution in [2.45, 2.75) is 38.8 Å². The molecule has 3 amide bonds. The van der Waals surface area contributed by atoms with Crippen molar-refractivity contribution in [1.29, 1.82) is 0 Å². The van der Waals surface area contributed by atoms with E-state index >= 15 is 0 Å². The molecule has 10 nitrogen and oxygen atoms in total. The van der Waals surface area contributed by atoms with Gasteiger partial charge in [-0.05, 0) is 17.9 Å². The van der Waals surface area contributed by atoms with Crippen molar-refractivity contribution in [1.82, 2.24) is 16.0 Å². The number of alkyl carbamates (subject to hydrolysis) is 1. The number of ether oxygens (including phenoxy) is 3. The maximum atomic E-state index is 13.0. The molecule has 0 saturated heterocycles. The number of rotatable bonds is 15. The number of Topliss-reactive ketones (excluding diaryl/α,β-unsaturated/α-hetero) is 1. The number of hydrogen-bond acceptors (Lipinski definition) is 7. The number of nitrogens with one attached hydrogen (secondary N) is 3. The van der Waals surface area contributed by atoms with Gasteiger partial charge in [0, 0.05) is 27.2 Å². The van der Waals surface area contributed by atoms with E-state index in [1.54, 1.807) is 24.3 Å². The maximum Gasteiger partial charge on any atom is 0.407 e. The minimum Gasteiger partial charge on any atom is -0.447 e. The number of carbonyl (C=O) groups excluding carboxylic acids is 4. The monoisotopic (exact) mass is 465 g/mol. The maximum absolute atomic E-state index is 13.0. The summed E-state index contributed by atoms with van der Waals surface area (Å²) in [6.45, 7) is 4.47. The molecule has 1 rings (SSSR count). The third kappa shape index (κ3) is 11.4. The fraction of sp³-hybridized carbons (Fsp3) is 0.565. The molecule has 0 aliphatic heterocycles. The molecule has 10 heteroatoms. The van der Waals surface area contributed by atoms with E-state index < -0.39 is 35.8 Å². The first kappa shape index (κ1) is 28.1. The molecule has 1 unspecified atom stereocenters. The molecular formula is C23H35N3O7. The van der Waals surface area contributed by atoms with E-state index in [4.69, 9.17) is 14.2 Å². The summed E-state index contributed by atoms with van der Waals surface area (Å²) in [7, 11) is 2.96. The first-order valence-electron chi connectivity index (χ1n) is 10.9. The van der Waals surface area contributed by atoms with Gasteiger partial charge in [0.1, 0.15) is 18.7 Å². The zero-order chi connectivity index (χ0) is 24.6. The number of amides is 3. The lowest BCUT2D eigenvalue weighted by Gasteiger charge is -2.23. The van der Waals surface area contributed by atoms with Gasteiger partial charge in [-0.2, -0.15) is 0 Å². The highest BCUT2D eigenvalue weighted by Crippen LogP contribution is 2.09. The molecule has 0 saturated carbocycles. The van der Waals surface area contributed by atoms with Gasteiger partial charge in [0.05, 0.1) is 13.2 Å². The summed E-state index contributed by atoms with van der Waals surface area (Å²) in [5.41, 5.74) is 0.771. The van der Waals surface area contributed by atoms with Crippen LogP contribution in [0.2, 0.25) is 0 Å². The molecule has 0 bridgehead atoms. The Hall–Kier alpha value is -2.98. The highest BCUT2D eigenvalue weighted by atomic mass is 16.6. The average molecular weight is 466 g/mol. The van der Waals surface area contributed by atoms with Gasteiger partial charge in [-0.25, -0.2) is 4.79 Å². The zero-order valence-electron chi connectivity index (χ0n) is 19.7. The van der Waals surface area contributed by atoms with Crippen LogP contribution in [0.15, 0.2) is 30.3 Å². The SMILES string of the molecule is COCCNC(=O)C(=O)[C@H](Cc1ccccc1)NC(=O)C(CC(C)C)NC(=O)OCCOC. The topological polar surface area (TPSA) is 132 Å². The molecule has 33 heavy (non-hydrogen) atoms. The number of methoxy groups -OCH3 is 2. The zero-order valence-corrected chi connectivity index (χ0v) is 19.7. The fourth-order valence-corrected chi connectivity index (χ4v) is 2.95. The Bertz CT molecular complexity index is 756. The largest absolute Gasteiger partial charge is 0.447 e. The molecule has 0 aromatic heterocycles. The third-order valence-corrected chi connectivity index (χ3v) is 4.57. The van der Waals surface area contributed by atoms with E-state index in [-0.39, 0.29) is 38.7 Å². The molecule has 0 heterocycles. The van der Waals surface area contributed by atoms with E-state index in [0.717, 1.165) is 5.56 Å². The summed E-state index contributed by atoms with van der Waals surface area (Å²) in [5, 5.41) is 7.65. The molecule has 0 aliphatic rings. The van der Waals surface area contributed by atoms with Crippen molar-refractivity contribution in [2.24, 2.45) is 5.92 Å². The van der Waals surface area contributed by atoms with Crippen LogP contribution in [0.25, 0.3) is 0 Å². The number of carbonyl (C=O) groups is 4. The summed E-state index contributed by atoms with van der Waals surface area (Å²) in [4.78, 5) is 50.2. The fourth-order valence-electron chi connectivity index (χ4n) is 2.95. The lowest BCUT2D eigenvalue weighted by atomic mass is 9.99. The van der Waals surface area contributed by atoms with Crippen LogP contribution in [0.5, 0.6) is 0 Å². The van der Waals surface area contributed by atoms with Crippen molar-refractivity contribution in [3.63, 3.8) is 0 Å². The summed E-state index contributed by atoms with van der Waals surface area (Å²) in [5.74, 6) is -2.11. The highest BCUT2D eigenvalue weighted by molar-refractivity contribution is 6.38. The predicted molar refractivity (Wildman–Crippen MR) is 122 cm³/mol. The molecule has 1 aromatic carbocycles. The Morgan fingerprint density at radius 3 is 2.15 bits per heavy atom. The van der Waals surface area contributed by atoms with Gasteiger partial charge < -0.3 is 30.2 Å². The molecule has 0 fully saturated rings. The van der Waals surface area contributed by atoms with Crippen LogP contribution in [0.1, 0.15) is 25.8 Å². The molecule has 0 radical (unpaired) electrons. The van der Waals surface area contributed by atoms with Crippen molar-refractivity contribution in [2.75, 3.05) is 40.6 Å². The Morgan fingerprint density at radius 1 is 0.879 bits per heavy atom. The van der Waals surface area contributed by atoms with E-state index in [9.17, 15) is 19.2 Å². The van der Waals surface area contributed by atoms with Gasteiger partial charge >= 0.3 is 6.09 Å². The van der Waals surface area contributed by atoms with Gasteiger partial charge in [-0.1, -0.05) is 44.2 Å². The van der Waals surface area contributed by atoms with Gasteiger partial charge in [0.2, 0.25) is 11.7 Å². The second-order valence-electron chi connectivity index (χ2n) is 7.82. The van der Waals surface area contributed by atoms with Crippen LogP contribution >= 0.6 is 0 Å². The minimum absolute atomic E-state index is 0.0368.